The fourth-order valence-electron chi connectivity index (χ4n) is 1.28. The van der Waals surface area contributed by atoms with Crippen LogP contribution in [0.4, 0.5) is 20.2 Å². The van der Waals surface area contributed by atoms with Crippen molar-refractivity contribution in [2.45, 2.75) is 25.8 Å². The van der Waals surface area contributed by atoms with Gasteiger partial charge in [-0.2, -0.15) is 0 Å². The summed E-state index contributed by atoms with van der Waals surface area (Å²) >= 11 is 0. The SMILES string of the molecule is CC(C)(CO)Nc1ccc(N)cc1C(F)F. The quantitative estimate of drug-likeness (QED) is 0.696. The average molecular weight is 230 g/mol. The molecule has 0 heterocycles. The second-order valence-corrected chi connectivity index (χ2v) is 4.31. The van der Waals surface area contributed by atoms with E-state index in [9.17, 15) is 8.78 Å². The Bertz CT molecular complexity index is 367. The Morgan fingerprint density at radius 1 is 1.44 bits per heavy atom. The van der Waals surface area contributed by atoms with Crippen LogP contribution in [0.3, 0.4) is 0 Å². The zero-order valence-electron chi connectivity index (χ0n) is 9.30. The Kier molecular flexibility index (Phi) is 3.70. The van der Waals surface area contributed by atoms with Gasteiger partial charge in [0.2, 0.25) is 0 Å². The largest absolute Gasteiger partial charge is 0.399 e. The van der Waals surface area contributed by atoms with Gasteiger partial charge in [0.15, 0.2) is 0 Å². The minimum absolute atomic E-state index is 0.151. The third-order valence-electron chi connectivity index (χ3n) is 2.18. The van der Waals surface area contributed by atoms with Crippen LogP contribution in [0.1, 0.15) is 25.8 Å². The maximum atomic E-state index is 12.7. The van der Waals surface area contributed by atoms with Gasteiger partial charge < -0.3 is 16.2 Å². The molecule has 0 aliphatic rings. The molecule has 1 aromatic carbocycles. The molecule has 0 radical (unpaired) electrons. The summed E-state index contributed by atoms with van der Waals surface area (Å²) < 4.78 is 25.5. The van der Waals surface area contributed by atoms with Crippen LogP contribution in [0.25, 0.3) is 0 Å². The van der Waals surface area contributed by atoms with Crippen molar-refractivity contribution in [1.29, 1.82) is 0 Å². The molecule has 5 heteroatoms. The topological polar surface area (TPSA) is 58.3 Å². The number of hydrogen-bond donors (Lipinski definition) is 3. The lowest BCUT2D eigenvalue weighted by Crippen LogP contribution is -2.35. The van der Waals surface area contributed by atoms with Gasteiger partial charge in [-0.25, -0.2) is 8.78 Å². The molecule has 1 rings (SSSR count). The molecule has 0 atom stereocenters. The third kappa shape index (κ3) is 3.06. The summed E-state index contributed by atoms with van der Waals surface area (Å²) in [5.41, 5.74) is 5.24. The fraction of sp³-hybridized carbons (Fsp3) is 0.455. The molecule has 0 saturated carbocycles. The first-order valence-electron chi connectivity index (χ1n) is 4.92. The molecule has 90 valence electrons. The monoisotopic (exact) mass is 230 g/mol. The van der Waals surface area contributed by atoms with Crippen LogP contribution in [0.2, 0.25) is 0 Å². The summed E-state index contributed by atoms with van der Waals surface area (Å²) in [7, 11) is 0. The minimum atomic E-state index is -2.60. The van der Waals surface area contributed by atoms with Crippen LogP contribution in [-0.4, -0.2) is 17.3 Å². The second kappa shape index (κ2) is 4.65. The fourth-order valence-corrected chi connectivity index (χ4v) is 1.28. The van der Waals surface area contributed by atoms with Gasteiger partial charge in [-0.3, -0.25) is 0 Å². The number of alkyl halides is 2. The van der Waals surface area contributed by atoms with Crippen molar-refractivity contribution >= 4 is 11.4 Å². The molecule has 0 spiro atoms. The van der Waals surface area contributed by atoms with Crippen molar-refractivity contribution in [1.82, 2.24) is 0 Å². The van der Waals surface area contributed by atoms with Gasteiger partial charge in [-0.05, 0) is 32.0 Å². The van der Waals surface area contributed by atoms with Crippen molar-refractivity contribution < 1.29 is 13.9 Å². The Morgan fingerprint density at radius 3 is 2.56 bits per heavy atom. The molecule has 0 aliphatic carbocycles. The number of nitrogen functional groups attached to an aromatic ring is 1. The predicted octanol–water partition coefficient (Wildman–Crippen LogP) is 2.39. The molecule has 0 fully saturated rings. The maximum absolute atomic E-state index is 12.7. The number of anilines is 2. The van der Waals surface area contributed by atoms with E-state index in [-0.39, 0.29) is 12.2 Å². The second-order valence-electron chi connectivity index (χ2n) is 4.31. The maximum Gasteiger partial charge on any atom is 0.265 e. The van der Waals surface area contributed by atoms with Crippen LogP contribution < -0.4 is 11.1 Å². The number of halogens is 2. The highest BCUT2D eigenvalue weighted by Gasteiger charge is 2.20. The number of rotatable bonds is 4. The summed E-state index contributed by atoms with van der Waals surface area (Å²) in [5, 5.41) is 11.9. The molecule has 0 unspecified atom stereocenters. The van der Waals surface area contributed by atoms with E-state index in [0.717, 1.165) is 0 Å². The minimum Gasteiger partial charge on any atom is -0.399 e. The van der Waals surface area contributed by atoms with Crippen molar-refractivity contribution in [3.63, 3.8) is 0 Å². The van der Waals surface area contributed by atoms with E-state index < -0.39 is 12.0 Å². The molecule has 1 aromatic rings. The van der Waals surface area contributed by atoms with Gasteiger partial charge in [-0.1, -0.05) is 0 Å². The van der Waals surface area contributed by atoms with E-state index in [1.165, 1.54) is 12.1 Å². The molecule has 0 bridgehead atoms. The van der Waals surface area contributed by atoms with Crippen LogP contribution in [0.15, 0.2) is 18.2 Å². The smallest absolute Gasteiger partial charge is 0.265 e. The van der Waals surface area contributed by atoms with Crippen LogP contribution in [0.5, 0.6) is 0 Å². The molecular formula is C11H16F2N2O. The summed E-state index contributed by atoms with van der Waals surface area (Å²) in [5.74, 6) is 0. The summed E-state index contributed by atoms with van der Waals surface area (Å²) in [6.07, 6.45) is -2.60. The van der Waals surface area contributed by atoms with Crippen molar-refractivity contribution in [2.75, 3.05) is 17.7 Å². The van der Waals surface area contributed by atoms with Crippen LogP contribution >= 0.6 is 0 Å². The van der Waals surface area contributed by atoms with E-state index in [2.05, 4.69) is 5.32 Å². The van der Waals surface area contributed by atoms with Gasteiger partial charge in [0.25, 0.3) is 6.43 Å². The molecule has 0 aliphatic heterocycles. The number of hydrogen-bond acceptors (Lipinski definition) is 3. The molecule has 0 aromatic heterocycles. The lowest BCUT2D eigenvalue weighted by atomic mass is 10.0. The Hall–Kier alpha value is -1.36. The van der Waals surface area contributed by atoms with Crippen molar-refractivity contribution in [3.05, 3.63) is 23.8 Å². The van der Waals surface area contributed by atoms with Gasteiger partial charge in [-0.15, -0.1) is 0 Å². The zero-order valence-corrected chi connectivity index (χ0v) is 9.30. The van der Waals surface area contributed by atoms with E-state index in [1.54, 1.807) is 19.9 Å². The Balaban J connectivity index is 3.04. The van der Waals surface area contributed by atoms with Crippen molar-refractivity contribution in [3.8, 4) is 0 Å². The first-order chi connectivity index (χ1) is 7.35. The Morgan fingerprint density at radius 2 is 2.06 bits per heavy atom. The number of benzene rings is 1. The molecular weight excluding hydrogens is 214 g/mol. The van der Waals surface area contributed by atoms with Crippen molar-refractivity contribution in [2.24, 2.45) is 0 Å². The van der Waals surface area contributed by atoms with Gasteiger partial charge in [0, 0.05) is 16.9 Å². The molecule has 0 amide bonds. The summed E-state index contributed by atoms with van der Waals surface area (Å²) in [6, 6.07) is 4.27. The Labute approximate surface area is 93.3 Å². The third-order valence-corrected chi connectivity index (χ3v) is 2.18. The van der Waals surface area contributed by atoms with Gasteiger partial charge >= 0.3 is 0 Å². The number of aliphatic hydroxyl groups excluding tert-OH is 1. The van der Waals surface area contributed by atoms with Crippen LogP contribution in [0, 0.1) is 0 Å². The number of aliphatic hydroxyl groups is 1. The van der Waals surface area contributed by atoms with E-state index in [0.29, 0.717) is 11.4 Å². The highest BCUT2D eigenvalue weighted by molar-refractivity contribution is 5.59. The standard InChI is InChI=1S/C11H16F2N2O/c1-11(2,6-16)15-9-4-3-7(14)5-8(9)10(12)13/h3-5,10,15-16H,6,14H2,1-2H3. The molecule has 16 heavy (non-hydrogen) atoms. The predicted molar refractivity (Wildman–Crippen MR) is 60.6 cm³/mol. The lowest BCUT2D eigenvalue weighted by Gasteiger charge is -2.26. The highest BCUT2D eigenvalue weighted by Crippen LogP contribution is 2.30. The highest BCUT2D eigenvalue weighted by atomic mass is 19.3. The van der Waals surface area contributed by atoms with E-state index in [1.807, 2.05) is 0 Å². The summed E-state index contributed by atoms with van der Waals surface area (Å²) in [6.45, 7) is 3.29. The van der Waals surface area contributed by atoms with E-state index in [4.69, 9.17) is 10.8 Å². The number of nitrogens with two attached hydrogens (primary N) is 1. The lowest BCUT2D eigenvalue weighted by molar-refractivity contribution is 0.152. The van der Waals surface area contributed by atoms with Gasteiger partial charge in [0.05, 0.1) is 12.1 Å². The average Bonchev–Trinajstić information content (AvgIpc) is 2.20. The van der Waals surface area contributed by atoms with E-state index >= 15 is 0 Å². The normalized spacial score (nSPS) is 11.9. The summed E-state index contributed by atoms with van der Waals surface area (Å²) in [4.78, 5) is 0. The van der Waals surface area contributed by atoms with Crippen LogP contribution in [-0.2, 0) is 0 Å². The molecule has 0 saturated heterocycles. The molecule has 3 nitrogen and oxygen atoms in total. The number of nitrogens with one attached hydrogen (secondary N) is 1. The zero-order chi connectivity index (χ0) is 12.3. The first kappa shape index (κ1) is 12.7. The first-order valence-corrected chi connectivity index (χ1v) is 4.92. The molecule has 4 N–H and O–H groups in total. The van der Waals surface area contributed by atoms with Gasteiger partial charge in [0.1, 0.15) is 0 Å².